The molecule has 19 heavy (non-hydrogen) atoms. The molecule has 0 N–H and O–H groups in total. The summed E-state index contributed by atoms with van der Waals surface area (Å²) in [5.41, 5.74) is 0.799. The molecule has 0 saturated carbocycles. The Morgan fingerprint density at radius 2 is 1.95 bits per heavy atom. The van der Waals surface area contributed by atoms with Crippen LogP contribution in [0.2, 0.25) is 0 Å². The van der Waals surface area contributed by atoms with Gasteiger partial charge in [0.25, 0.3) is 0 Å². The number of aromatic nitrogens is 5. The fourth-order valence-corrected chi connectivity index (χ4v) is 1.71. The van der Waals surface area contributed by atoms with Gasteiger partial charge in [0.2, 0.25) is 0 Å². The molecule has 0 aliphatic rings. The molecule has 0 amide bonds. The van der Waals surface area contributed by atoms with Gasteiger partial charge in [0.1, 0.15) is 5.69 Å². The summed E-state index contributed by atoms with van der Waals surface area (Å²) in [5, 5.41) is 7.73. The smallest absolute Gasteiger partial charge is 0.235 e. The maximum atomic E-state index is 12.5. The van der Waals surface area contributed by atoms with Gasteiger partial charge in [0, 0.05) is 18.1 Å². The topological polar surface area (TPSA) is 48.0 Å². The Morgan fingerprint density at radius 3 is 2.63 bits per heavy atom. The Balaban J connectivity index is 2.14. The van der Waals surface area contributed by atoms with Gasteiger partial charge in [0.15, 0.2) is 5.65 Å². The number of nitrogens with zero attached hydrogens (tertiary/aromatic N) is 5. The summed E-state index contributed by atoms with van der Waals surface area (Å²) in [7, 11) is 0. The molecular weight excluding hydrogens is 259 g/mol. The highest BCUT2D eigenvalue weighted by Crippen LogP contribution is 2.29. The van der Waals surface area contributed by atoms with Crippen molar-refractivity contribution in [2.45, 2.75) is 13.1 Å². The van der Waals surface area contributed by atoms with Crippen molar-refractivity contribution in [1.29, 1.82) is 0 Å². The van der Waals surface area contributed by atoms with E-state index in [1.54, 1.807) is 19.2 Å². The summed E-state index contributed by atoms with van der Waals surface area (Å²) < 4.78 is 40.2. The molecule has 0 aliphatic carbocycles. The van der Waals surface area contributed by atoms with Crippen LogP contribution in [0.3, 0.4) is 0 Å². The first-order valence-electron chi connectivity index (χ1n) is 5.38. The zero-order chi connectivity index (χ0) is 13.6. The highest BCUT2D eigenvalue weighted by Gasteiger charge is 2.32. The Bertz CT molecular complexity index is 740. The van der Waals surface area contributed by atoms with Gasteiger partial charge in [0.05, 0.1) is 18.0 Å². The monoisotopic (exact) mass is 267 g/mol. The maximum Gasteiger partial charge on any atom is 0.419 e. The largest absolute Gasteiger partial charge is 0.419 e. The number of alkyl halides is 3. The van der Waals surface area contributed by atoms with E-state index in [4.69, 9.17) is 0 Å². The molecule has 3 aromatic rings. The van der Waals surface area contributed by atoms with Crippen molar-refractivity contribution in [2.75, 3.05) is 0 Å². The van der Waals surface area contributed by atoms with Gasteiger partial charge in [-0.1, -0.05) is 0 Å². The zero-order valence-electron chi connectivity index (χ0n) is 9.76. The fourth-order valence-electron chi connectivity index (χ4n) is 1.71. The molecule has 98 valence electrons. The Labute approximate surface area is 105 Å². The third-order valence-corrected chi connectivity index (χ3v) is 2.65. The molecular formula is C11H8F3N5. The molecule has 3 aromatic heterocycles. The van der Waals surface area contributed by atoms with E-state index >= 15 is 0 Å². The lowest BCUT2D eigenvalue weighted by Crippen LogP contribution is -2.03. The van der Waals surface area contributed by atoms with E-state index in [1.165, 1.54) is 10.7 Å². The Hall–Kier alpha value is -2.38. The van der Waals surface area contributed by atoms with Crippen molar-refractivity contribution >= 4 is 5.65 Å². The number of rotatable bonds is 1. The first-order valence-corrected chi connectivity index (χ1v) is 5.38. The number of aryl methyl sites for hydroxylation is 1. The maximum absolute atomic E-state index is 12.5. The van der Waals surface area contributed by atoms with Crippen LogP contribution in [-0.4, -0.2) is 24.4 Å². The summed E-state index contributed by atoms with van der Waals surface area (Å²) >= 11 is 0. The minimum Gasteiger partial charge on any atom is -0.235 e. The zero-order valence-corrected chi connectivity index (χ0v) is 9.76. The van der Waals surface area contributed by atoms with Crippen LogP contribution in [0.5, 0.6) is 0 Å². The molecule has 0 atom stereocenters. The summed E-state index contributed by atoms with van der Waals surface area (Å²) in [6, 6.07) is 1.76. The normalized spacial score (nSPS) is 12.2. The lowest BCUT2D eigenvalue weighted by atomic mass is 10.3. The predicted molar refractivity (Wildman–Crippen MR) is 59.8 cm³/mol. The average Bonchev–Trinajstić information content (AvgIpc) is 2.92. The van der Waals surface area contributed by atoms with Crippen LogP contribution < -0.4 is 0 Å². The molecule has 0 radical (unpaired) electrons. The summed E-state index contributed by atoms with van der Waals surface area (Å²) in [5.74, 6) is 0. The van der Waals surface area contributed by atoms with Crippen LogP contribution in [0.15, 0.2) is 30.9 Å². The predicted octanol–water partition coefficient (Wildman–Crippen LogP) is 2.24. The lowest BCUT2D eigenvalue weighted by Gasteiger charge is -2.01. The SMILES string of the molecule is Cc1ccn2ncc(-n3cc(C(F)(F)F)cn3)c2n1. The molecule has 0 saturated heterocycles. The number of halogens is 3. The van der Waals surface area contributed by atoms with Gasteiger partial charge in [-0.05, 0) is 13.0 Å². The Kier molecular flexibility index (Phi) is 2.34. The minimum absolute atomic E-state index is 0.402. The highest BCUT2D eigenvalue weighted by atomic mass is 19.4. The van der Waals surface area contributed by atoms with Crippen molar-refractivity contribution in [2.24, 2.45) is 0 Å². The molecule has 3 heterocycles. The third-order valence-electron chi connectivity index (χ3n) is 2.65. The second-order valence-electron chi connectivity index (χ2n) is 4.04. The molecule has 0 spiro atoms. The molecule has 5 nitrogen and oxygen atoms in total. The molecule has 0 bridgehead atoms. The van der Waals surface area contributed by atoms with Crippen LogP contribution in [0, 0.1) is 6.92 Å². The standard InChI is InChI=1S/C11H8F3N5/c1-7-2-3-18-10(17-7)9(5-16-18)19-6-8(4-15-19)11(12,13)14/h2-6H,1H3. The van der Waals surface area contributed by atoms with Crippen LogP contribution in [0.1, 0.15) is 11.3 Å². The van der Waals surface area contributed by atoms with E-state index in [1.807, 2.05) is 0 Å². The third kappa shape index (κ3) is 1.94. The van der Waals surface area contributed by atoms with Crippen LogP contribution in [-0.2, 0) is 6.18 Å². The van der Waals surface area contributed by atoms with Gasteiger partial charge in [-0.25, -0.2) is 14.2 Å². The van der Waals surface area contributed by atoms with Crippen molar-refractivity contribution in [3.05, 3.63) is 42.1 Å². The number of fused-ring (bicyclic) bond motifs is 1. The lowest BCUT2D eigenvalue weighted by molar-refractivity contribution is -0.137. The fraction of sp³-hybridized carbons (Fsp3) is 0.182. The van der Waals surface area contributed by atoms with Crippen molar-refractivity contribution in [3.63, 3.8) is 0 Å². The first-order chi connectivity index (χ1) is 8.95. The second kappa shape index (κ2) is 3.81. The molecule has 8 heteroatoms. The second-order valence-corrected chi connectivity index (χ2v) is 4.04. The summed E-state index contributed by atoms with van der Waals surface area (Å²) in [4.78, 5) is 4.24. The van der Waals surface area contributed by atoms with E-state index in [0.717, 1.165) is 22.8 Å². The molecule has 0 fully saturated rings. The highest BCUT2D eigenvalue weighted by molar-refractivity contribution is 5.57. The number of hydrogen-bond donors (Lipinski definition) is 0. The van der Waals surface area contributed by atoms with Gasteiger partial charge < -0.3 is 0 Å². The van der Waals surface area contributed by atoms with Gasteiger partial charge in [-0.3, -0.25) is 0 Å². The van der Waals surface area contributed by atoms with Crippen LogP contribution in [0.25, 0.3) is 11.3 Å². The van der Waals surface area contributed by atoms with E-state index in [0.29, 0.717) is 11.3 Å². The minimum atomic E-state index is -4.41. The average molecular weight is 267 g/mol. The first kappa shape index (κ1) is 11.7. The van der Waals surface area contributed by atoms with Crippen LogP contribution >= 0.6 is 0 Å². The quantitative estimate of drug-likeness (QED) is 0.679. The summed E-state index contributed by atoms with van der Waals surface area (Å²) in [6.07, 6.45) is 0.398. The van der Waals surface area contributed by atoms with E-state index in [9.17, 15) is 13.2 Å². The molecule has 0 unspecified atom stereocenters. The van der Waals surface area contributed by atoms with E-state index in [2.05, 4.69) is 15.2 Å². The van der Waals surface area contributed by atoms with Crippen molar-refractivity contribution in [3.8, 4) is 5.69 Å². The van der Waals surface area contributed by atoms with Crippen molar-refractivity contribution < 1.29 is 13.2 Å². The van der Waals surface area contributed by atoms with Gasteiger partial charge >= 0.3 is 6.18 Å². The van der Waals surface area contributed by atoms with E-state index in [-0.39, 0.29) is 0 Å². The molecule has 0 aromatic carbocycles. The van der Waals surface area contributed by atoms with E-state index < -0.39 is 11.7 Å². The van der Waals surface area contributed by atoms with Gasteiger partial charge in [-0.2, -0.15) is 23.4 Å². The molecule has 0 aliphatic heterocycles. The number of hydrogen-bond acceptors (Lipinski definition) is 3. The van der Waals surface area contributed by atoms with Crippen molar-refractivity contribution in [1.82, 2.24) is 24.4 Å². The van der Waals surface area contributed by atoms with Crippen LogP contribution in [0.4, 0.5) is 13.2 Å². The summed E-state index contributed by atoms with van der Waals surface area (Å²) in [6.45, 7) is 1.79. The molecule has 3 rings (SSSR count). The Morgan fingerprint density at radius 1 is 1.16 bits per heavy atom. The van der Waals surface area contributed by atoms with Gasteiger partial charge in [-0.15, -0.1) is 0 Å².